The molecule has 3 aromatic rings. The van der Waals surface area contributed by atoms with Crippen LogP contribution in [-0.2, 0) is 52.4 Å². The number of rotatable bonds is 25. The molecule has 19 heteroatoms. The van der Waals surface area contributed by atoms with E-state index in [2.05, 4.69) is 20.6 Å². The van der Waals surface area contributed by atoms with Crippen LogP contribution in [0.1, 0.15) is 140 Å². The van der Waals surface area contributed by atoms with Gasteiger partial charge in [0.25, 0.3) is 0 Å². The molecule has 2 aliphatic rings. The van der Waals surface area contributed by atoms with Gasteiger partial charge in [-0.2, -0.15) is 26.3 Å². The minimum Gasteiger partial charge on any atom is -0.488 e. The lowest BCUT2D eigenvalue weighted by Gasteiger charge is -2.21. The molecule has 0 radical (unpaired) electrons. The number of halogens is 6. The Bertz CT molecular complexity index is 2240. The van der Waals surface area contributed by atoms with Crippen LogP contribution in [0, 0.1) is 17.7 Å². The number of hydrogen-bond donors (Lipinski definition) is 5. The summed E-state index contributed by atoms with van der Waals surface area (Å²) < 4.78 is 94.0. The number of carbonyl (C=O) groups is 4. The normalized spacial score (nSPS) is 15.9. The fourth-order valence-electron chi connectivity index (χ4n) is 7.90. The van der Waals surface area contributed by atoms with Crippen molar-refractivity contribution in [2.75, 3.05) is 26.2 Å². The van der Waals surface area contributed by atoms with Crippen LogP contribution in [0.3, 0.4) is 0 Å². The van der Waals surface area contributed by atoms with Crippen LogP contribution in [-0.4, -0.2) is 83.0 Å². The molecule has 0 spiro atoms. The number of aromatic nitrogens is 2. The quantitative estimate of drug-likeness (QED) is 0.0178. The molecule has 3 heterocycles. The lowest BCUT2D eigenvalue weighted by atomic mass is 9.94. The van der Waals surface area contributed by atoms with Crippen LogP contribution in [0.5, 0.6) is 11.5 Å². The van der Waals surface area contributed by atoms with Crippen molar-refractivity contribution in [1.29, 1.82) is 10.8 Å². The van der Waals surface area contributed by atoms with E-state index < -0.39 is 29.3 Å². The maximum Gasteiger partial charge on any atom is 0.416 e. The van der Waals surface area contributed by atoms with Crippen LogP contribution in [0.25, 0.3) is 0 Å². The van der Waals surface area contributed by atoms with Crippen molar-refractivity contribution in [3.05, 3.63) is 81.4 Å². The lowest BCUT2D eigenvalue weighted by Crippen LogP contribution is -2.22. The fraction of sp³-hybridized carbons (Fsp3) is 0.551. The molecule has 0 aliphatic carbocycles. The molecule has 0 bridgehead atoms. The standard InChI is InChI=1S/C27H33F3N4O3.C22H30F3N3O3/c1-17(31)6-4-3-5-7-22(35)13-19-11-21(27(28,29)30)12-20(26(19)37-23-8-9-32-15-23)14-25(36)24-10-18(2)33-16-34-24;1-14(29)9-15-10-17(22(23,24)25)11-16(21(15)31-19-7-8-28-13-19)12-18(30)5-3-2-4-6-20(26)27/h10-12,16,23,31-32H,3-9,13-15H2,1-2H3;10-11,19,28H,2-9,12-13H2,1H3,(H3,26,27). The average molecular weight is 960 g/mol. The molecule has 1 aromatic heterocycles. The van der Waals surface area contributed by atoms with E-state index in [4.69, 9.17) is 26.0 Å². The van der Waals surface area contributed by atoms with E-state index in [1.807, 2.05) is 0 Å². The zero-order valence-corrected chi connectivity index (χ0v) is 38.9. The minimum atomic E-state index is -4.65. The van der Waals surface area contributed by atoms with E-state index in [-0.39, 0.29) is 113 Å². The summed E-state index contributed by atoms with van der Waals surface area (Å²) in [5.41, 5.74) is 5.32. The van der Waals surface area contributed by atoms with E-state index in [0.29, 0.717) is 82.4 Å². The first kappa shape index (κ1) is 55.0. The Balaban J connectivity index is 0.000000301. The zero-order chi connectivity index (χ0) is 50.0. The van der Waals surface area contributed by atoms with Crippen molar-refractivity contribution >= 4 is 34.7 Å². The molecule has 6 N–H and O–H groups in total. The second-order valence-corrected chi connectivity index (χ2v) is 17.6. The molecule has 0 saturated carbocycles. The van der Waals surface area contributed by atoms with Gasteiger partial charge in [0.05, 0.1) is 17.0 Å². The predicted molar refractivity (Wildman–Crippen MR) is 245 cm³/mol. The van der Waals surface area contributed by atoms with Gasteiger partial charge in [-0.25, -0.2) is 9.97 Å². The molecule has 68 heavy (non-hydrogen) atoms. The van der Waals surface area contributed by atoms with Gasteiger partial charge in [0.15, 0.2) is 5.78 Å². The number of alkyl halides is 6. The molecule has 2 saturated heterocycles. The minimum absolute atomic E-state index is 0.0900. The number of Topliss-reactive ketones (excluding diaryl/α,β-unsaturated/α-hetero) is 4. The highest BCUT2D eigenvalue weighted by atomic mass is 19.4. The molecule has 2 aromatic carbocycles. The molecule has 2 fully saturated rings. The number of benzene rings is 2. The number of unbranched alkanes of at least 4 members (excludes halogenated alkanes) is 4. The number of amidine groups is 1. The van der Waals surface area contributed by atoms with Crippen LogP contribution < -0.4 is 25.8 Å². The Morgan fingerprint density at radius 2 is 1.09 bits per heavy atom. The third-order valence-corrected chi connectivity index (χ3v) is 11.3. The number of nitrogens with two attached hydrogens (primary N) is 1. The topological polar surface area (TPSA) is 210 Å². The van der Waals surface area contributed by atoms with Gasteiger partial charge in [-0.15, -0.1) is 0 Å². The zero-order valence-electron chi connectivity index (χ0n) is 38.9. The fourth-order valence-corrected chi connectivity index (χ4v) is 7.90. The maximum absolute atomic E-state index is 13.8. The van der Waals surface area contributed by atoms with Crippen molar-refractivity contribution in [2.24, 2.45) is 5.73 Å². The summed E-state index contributed by atoms with van der Waals surface area (Å²) >= 11 is 0. The van der Waals surface area contributed by atoms with Gasteiger partial charge in [-0.05, 0) is 109 Å². The lowest BCUT2D eigenvalue weighted by molar-refractivity contribution is -0.138. The van der Waals surface area contributed by atoms with Gasteiger partial charge in [0.1, 0.15) is 53.1 Å². The molecule has 2 atom stereocenters. The summed E-state index contributed by atoms with van der Waals surface area (Å²) in [5.74, 6) is -0.629. The number of ketones is 4. The highest BCUT2D eigenvalue weighted by molar-refractivity contribution is 5.96. The van der Waals surface area contributed by atoms with Crippen molar-refractivity contribution in [2.45, 2.75) is 148 Å². The number of nitrogens with one attached hydrogen (secondary N) is 4. The van der Waals surface area contributed by atoms with Gasteiger partial charge in [-0.3, -0.25) is 24.6 Å². The van der Waals surface area contributed by atoms with Gasteiger partial charge in [-0.1, -0.05) is 12.8 Å². The molecular weight excluding hydrogens is 897 g/mol. The van der Waals surface area contributed by atoms with Crippen molar-refractivity contribution < 1.29 is 55.0 Å². The summed E-state index contributed by atoms with van der Waals surface area (Å²) in [7, 11) is 0. The first-order valence-electron chi connectivity index (χ1n) is 23.0. The van der Waals surface area contributed by atoms with Gasteiger partial charge >= 0.3 is 12.4 Å². The van der Waals surface area contributed by atoms with E-state index in [9.17, 15) is 45.5 Å². The Morgan fingerprint density at radius 3 is 1.49 bits per heavy atom. The van der Waals surface area contributed by atoms with E-state index in [1.54, 1.807) is 13.8 Å². The summed E-state index contributed by atoms with van der Waals surface area (Å²) in [6.07, 6.45) is -2.35. The van der Waals surface area contributed by atoms with Crippen LogP contribution in [0.2, 0.25) is 0 Å². The number of hydrogen-bond acceptors (Lipinski definition) is 12. The van der Waals surface area contributed by atoms with Crippen molar-refractivity contribution in [1.82, 2.24) is 20.6 Å². The smallest absolute Gasteiger partial charge is 0.416 e. The first-order valence-corrected chi connectivity index (χ1v) is 23.0. The second kappa shape index (κ2) is 26.3. The number of carbonyl (C=O) groups excluding carboxylic acids is 4. The summed E-state index contributed by atoms with van der Waals surface area (Å²) in [6, 6.07) is 5.32. The summed E-state index contributed by atoms with van der Waals surface area (Å²) in [5, 5.41) is 21.0. The molecule has 13 nitrogen and oxygen atoms in total. The van der Waals surface area contributed by atoms with E-state index in [0.717, 1.165) is 43.7 Å². The third kappa shape index (κ3) is 18.8. The molecular formula is C49H63F6N7O6. The summed E-state index contributed by atoms with van der Waals surface area (Å²) in [6.45, 7) is 7.27. The second-order valence-electron chi connectivity index (χ2n) is 17.6. The highest BCUT2D eigenvalue weighted by Crippen LogP contribution is 2.39. The first-order chi connectivity index (χ1) is 32.1. The monoisotopic (exact) mass is 959 g/mol. The molecule has 2 aliphatic heterocycles. The third-order valence-electron chi connectivity index (χ3n) is 11.3. The number of nitrogens with zero attached hydrogens (tertiary/aromatic N) is 2. The Labute approximate surface area is 393 Å². The largest absolute Gasteiger partial charge is 0.488 e. The number of aryl methyl sites for hydroxylation is 1. The van der Waals surface area contributed by atoms with Gasteiger partial charge in [0, 0.05) is 91.7 Å². The van der Waals surface area contributed by atoms with Crippen LogP contribution in [0.15, 0.2) is 36.7 Å². The summed E-state index contributed by atoms with van der Waals surface area (Å²) in [4.78, 5) is 57.9. The van der Waals surface area contributed by atoms with Crippen LogP contribution in [0.4, 0.5) is 26.3 Å². The van der Waals surface area contributed by atoms with Crippen molar-refractivity contribution in [3.63, 3.8) is 0 Å². The number of ether oxygens (including phenoxy) is 2. The predicted octanol–water partition coefficient (Wildman–Crippen LogP) is 8.65. The van der Waals surface area contributed by atoms with E-state index in [1.165, 1.54) is 19.3 Å². The molecule has 2 unspecified atom stereocenters. The Morgan fingerprint density at radius 1 is 0.647 bits per heavy atom. The maximum atomic E-state index is 13.8. The molecule has 5 rings (SSSR count). The Kier molecular flexibility index (Phi) is 21.3. The van der Waals surface area contributed by atoms with E-state index >= 15 is 0 Å². The molecule has 372 valence electrons. The van der Waals surface area contributed by atoms with Gasteiger partial charge in [0.2, 0.25) is 0 Å². The van der Waals surface area contributed by atoms with Crippen LogP contribution >= 0.6 is 0 Å². The van der Waals surface area contributed by atoms with Crippen molar-refractivity contribution in [3.8, 4) is 11.5 Å². The Hall–Kier alpha value is -5.56. The van der Waals surface area contributed by atoms with Gasteiger partial charge < -0.3 is 31.3 Å². The average Bonchev–Trinajstić information content (AvgIpc) is 3.97. The highest BCUT2D eigenvalue weighted by Gasteiger charge is 2.35. The SMILES string of the molecule is CC(=N)CCCCCC(=O)Cc1cc(C(F)(F)F)cc(CC(=O)c2cc(C)ncn2)c1OC1CCNC1.CC(=O)Cc1cc(C(F)(F)F)cc(CC(=O)CCCCCC(=N)N)c1OC1CCNC1. The molecule has 0 amide bonds.